The Morgan fingerprint density at radius 2 is 2.25 bits per heavy atom. The van der Waals surface area contributed by atoms with Crippen molar-refractivity contribution in [3.05, 3.63) is 17.5 Å². The van der Waals surface area contributed by atoms with E-state index in [0.29, 0.717) is 18.5 Å². The number of rotatable bonds is 8. The Balaban J connectivity index is 1.51. The van der Waals surface area contributed by atoms with Crippen molar-refractivity contribution in [1.82, 2.24) is 40.1 Å². The number of nitrogens with zero attached hydrogens (tertiary/aromatic N) is 8. The van der Waals surface area contributed by atoms with E-state index in [9.17, 15) is 0 Å². The second-order valence-corrected chi connectivity index (χ2v) is 6.49. The van der Waals surface area contributed by atoms with Gasteiger partial charge in [-0.25, -0.2) is 4.68 Å². The lowest BCUT2D eigenvalue weighted by atomic mass is 10.2. The summed E-state index contributed by atoms with van der Waals surface area (Å²) in [6, 6.07) is 0.490. The first-order valence-corrected chi connectivity index (χ1v) is 8.62. The summed E-state index contributed by atoms with van der Waals surface area (Å²) in [5.74, 6) is 2.32. The van der Waals surface area contributed by atoms with E-state index in [-0.39, 0.29) is 0 Å². The standard InChI is InChI=1S/C15H26N8O/c1-4-5-7-23-15(17-19-20-23)11-22-8-6-13(9-22)21(3)10-14-16-12(2)24-18-14/h13H,4-11H2,1-3H3/t13-/m1/s1. The number of unbranched alkanes of at least 4 members (excludes halogenated alkanes) is 1. The molecule has 0 aromatic carbocycles. The summed E-state index contributed by atoms with van der Waals surface area (Å²) in [5.41, 5.74) is 0. The average molecular weight is 334 g/mol. The summed E-state index contributed by atoms with van der Waals surface area (Å²) < 4.78 is 6.97. The normalized spacial score (nSPS) is 18.8. The van der Waals surface area contributed by atoms with Crippen molar-refractivity contribution < 1.29 is 4.52 Å². The predicted octanol–water partition coefficient (Wildman–Crippen LogP) is 0.871. The molecule has 0 N–H and O–H groups in total. The molecule has 9 nitrogen and oxygen atoms in total. The van der Waals surface area contributed by atoms with Crippen LogP contribution in [0.3, 0.4) is 0 Å². The van der Waals surface area contributed by atoms with Crippen LogP contribution in [0.25, 0.3) is 0 Å². The van der Waals surface area contributed by atoms with Crippen LogP contribution in [0.15, 0.2) is 4.52 Å². The van der Waals surface area contributed by atoms with Gasteiger partial charge in [-0.3, -0.25) is 9.80 Å². The Morgan fingerprint density at radius 1 is 1.38 bits per heavy atom. The average Bonchev–Trinajstić information content (AvgIpc) is 3.28. The molecule has 0 bridgehead atoms. The Bertz CT molecular complexity index is 639. The highest BCUT2D eigenvalue weighted by Crippen LogP contribution is 2.17. The smallest absolute Gasteiger partial charge is 0.223 e. The van der Waals surface area contributed by atoms with E-state index in [4.69, 9.17) is 4.52 Å². The first-order valence-electron chi connectivity index (χ1n) is 8.62. The lowest BCUT2D eigenvalue weighted by Crippen LogP contribution is -2.34. The molecule has 132 valence electrons. The third kappa shape index (κ3) is 4.15. The van der Waals surface area contributed by atoms with Crippen LogP contribution in [0.4, 0.5) is 0 Å². The minimum Gasteiger partial charge on any atom is -0.340 e. The first kappa shape index (κ1) is 17.0. The second-order valence-electron chi connectivity index (χ2n) is 6.49. The van der Waals surface area contributed by atoms with Crippen molar-refractivity contribution in [2.24, 2.45) is 0 Å². The summed E-state index contributed by atoms with van der Waals surface area (Å²) in [6.45, 7) is 8.47. The maximum absolute atomic E-state index is 5.04. The fourth-order valence-electron chi connectivity index (χ4n) is 3.09. The lowest BCUT2D eigenvalue weighted by molar-refractivity contribution is 0.213. The molecule has 9 heteroatoms. The molecular formula is C15H26N8O. The Morgan fingerprint density at radius 3 is 3.00 bits per heavy atom. The van der Waals surface area contributed by atoms with Gasteiger partial charge in [0.25, 0.3) is 0 Å². The molecule has 3 rings (SSSR count). The van der Waals surface area contributed by atoms with Crippen molar-refractivity contribution >= 4 is 0 Å². The van der Waals surface area contributed by atoms with Gasteiger partial charge >= 0.3 is 0 Å². The number of likely N-dealkylation sites (tertiary alicyclic amines) is 1. The van der Waals surface area contributed by atoms with Gasteiger partial charge in [0, 0.05) is 32.6 Å². The van der Waals surface area contributed by atoms with Gasteiger partial charge in [-0.2, -0.15) is 4.98 Å². The molecule has 0 aliphatic carbocycles. The lowest BCUT2D eigenvalue weighted by Gasteiger charge is -2.23. The van der Waals surface area contributed by atoms with Crippen LogP contribution in [0.2, 0.25) is 0 Å². The number of aryl methyl sites for hydroxylation is 2. The monoisotopic (exact) mass is 334 g/mol. The molecule has 0 saturated carbocycles. The van der Waals surface area contributed by atoms with Crippen molar-refractivity contribution in [2.45, 2.75) is 58.8 Å². The van der Waals surface area contributed by atoms with Gasteiger partial charge in [-0.05, 0) is 30.3 Å². The third-order valence-electron chi connectivity index (χ3n) is 4.53. The number of aromatic nitrogens is 6. The summed E-state index contributed by atoms with van der Waals surface area (Å²) in [4.78, 5) is 8.99. The Labute approximate surface area is 142 Å². The highest BCUT2D eigenvalue weighted by atomic mass is 16.5. The number of tetrazole rings is 1. The molecule has 0 unspecified atom stereocenters. The topological polar surface area (TPSA) is 89.0 Å². The van der Waals surface area contributed by atoms with E-state index >= 15 is 0 Å². The Kier molecular flexibility index (Phi) is 5.52. The van der Waals surface area contributed by atoms with Gasteiger partial charge in [-0.15, -0.1) is 5.10 Å². The van der Waals surface area contributed by atoms with Crippen molar-refractivity contribution in [3.63, 3.8) is 0 Å². The van der Waals surface area contributed by atoms with Crippen molar-refractivity contribution in [1.29, 1.82) is 0 Å². The predicted molar refractivity (Wildman–Crippen MR) is 86.9 cm³/mol. The largest absolute Gasteiger partial charge is 0.340 e. The van der Waals surface area contributed by atoms with Gasteiger partial charge in [0.15, 0.2) is 11.6 Å². The van der Waals surface area contributed by atoms with Crippen LogP contribution < -0.4 is 0 Å². The molecule has 2 aromatic heterocycles. The second kappa shape index (κ2) is 7.80. The van der Waals surface area contributed by atoms with E-state index in [1.807, 2.05) is 11.6 Å². The Hall–Kier alpha value is -1.87. The molecule has 1 atom stereocenters. The van der Waals surface area contributed by atoms with E-state index in [1.165, 1.54) is 0 Å². The molecule has 0 spiro atoms. The molecule has 2 aromatic rings. The van der Waals surface area contributed by atoms with E-state index < -0.39 is 0 Å². The van der Waals surface area contributed by atoms with E-state index in [2.05, 4.69) is 49.4 Å². The fraction of sp³-hybridized carbons (Fsp3) is 0.800. The molecule has 1 fully saturated rings. The molecular weight excluding hydrogens is 308 g/mol. The maximum Gasteiger partial charge on any atom is 0.223 e. The van der Waals surface area contributed by atoms with Crippen LogP contribution in [0.5, 0.6) is 0 Å². The third-order valence-corrected chi connectivity index (χ3v) is 4.53. The number of hydrogen-bond donors (Lipinski definition) is 0. The summed E-state index contributed by atoms with van der Waals surface area (Å²) in [7, 11) is 2.12. The van der Waals surface area contributed by atoms with Crippen LogP contribution in [-0.4, -0.2) is 66.3 Å². The minimum atomic E-state index is 0.490. The molecule has 1 aliphatic rings. The maximum atomic E-state index is 5.04. The number of hydrogen-bond acceptors (Lipinski definition) is 8. The van der Waals surface area contributed by atoms with E-state index in [1.54, 1.807) is 0 Å². The molecule has 1 saturated heterocycles. The summed E-state index contributed by atoms with van der Waals surface area (Å²) in [5, 5.41) is 16.1. The summed E-state index contributed by atoms with van der Waals surface area (Å²) in [6.07, 6.45) is 3.38. The zero-order valence-electron chi connectivity index (χ0n) is 14.7. The zero-order valence-corrected chi connectivity index (χ0v) is 14.7. The minimum absolute atomic E-state index is 0.490. The molecule has 24 heavy (non-hydrogen) atoms. The van der Waals surface area contributed by atoms with Crippen molar-refractivity contribution in [2.75, 3.05) is 20.1 Å². The molecule has 0 amide bonds. The molecule has 1 aliphatic heterocycles. The van der Waals surface area contributed by atoms with Crippen LogP contribution in [0, 0.1) is 6.92 Å². The fourth-order valence-corrected chi connectivity index (χ4v) is 3.09. The van der Waals surface area contributed by atoms with Gasteiger partial charge < -0.3 is 4.52 Å². The van der Waals surface area contributed by atoms with Gasteiger partial charge in [-0.1, -0.05) is 18.5 Å². The molecule has 0 radical (unpaired) electrons. The van der Waals surface area contributed by atoms with Gasteiger partial charge in [0.05, 0.1) is 13.1 Å². The van der Waals surface area contributed by atoms with Crippen molar-refractivity contribution in [3.8, 4) is 0 Å². The van der Waals surface area contributed by atoms with Crippen LogP contribution >= 0.6 is 0 Å². The highest BCUT2D eigenvalue weighted by molar-refractivity contribution is 4.90. The van der Waals surface area contributed by atoms with Crippen LogP contribution in [-0.2, 0) is 19.6 Å². The quantitative estimate of drug-likeness (QED) is 0.702. The SMILES string of the molecule is CCCCn1nnnc1CN1CC[C@@H](N(C)Cc2noc(C)n2)C1. The number of likely N-dealkylation sites (N-methyl/N-ethyl adjacent to an activating group) is 1. The summed E-state index contributed by atoms with van der Waals surface area (Å²) >= 11 is 0. The zero-order chi connectivity index (χ0) is 16.9. The highest BCUT2D eigenvalue weighted by Gasteiger charge is 2.27. The van der Waals surface area contributed by atoms with Gasteiger partial charge in [0.2, 0.25) is 5.89 Å². The molecule has 3 heterocycles. The van der Waals surface area contributed by atoms with Gasteiger partial charge in [0.1, 0.15) is 0 Å². The first-order chi connectivity index (χ1) is 11.7. The van der Waals surface area contributed by atoms with Crippen LogP contribution in [0.1, 0.15) is 43.7 Å². The van der Waals surface area contributed by atoms with E-state index in [0.717, 1.165) is 57.1 Å².